The highest BCUT2D eigenvalue weighted by molar-refractivity contribution is 6.10. The molecule has 0 aliphatic carbocycles. The van der Waals surface area contributed by atoms with Gasteiger partial charge in [0.25, 0.3) is 0 Å². The maximum absolute atomic E-state index is 4.72. The number of hydrogen-bond donors (Lipinski definition) is 3. The first-order valence-electron chi connectivity index (χ1n) is 8.69. The molecule has 0 saturated heterocycles. The van der Waals surface area contributed by atoms with E-state index in [-0.39, 0.29) is 12.2 Å². The summed E-state index contributed by atoms with van der Waals surface area (Å²) in [5.74, 6) is 4.28. The number of amidine groups is 1. The van der Waals surface area contributed by atoms with Gasteiger partial charge < -0.3 is 5.32 Å². The van der Waals surface area contributed by atoms with Gasteiger partial charge in [0.1, 0.15) is 0 Å². The summed E-state index contributed by atoms with van der Waals surface area (Å²) in [6.45, 7) is 6.19. The molecule has 0 aromatic heterocycles. The van der Waals surface area contributed by atoms with Crippen LogP contribution in [0.2, 0.25) is 0 Å². The minimum Gasteiger partial charge on any atom is -0.325 e. The van der Waals surface area contributed by atoms with Gasteiger partial charge in [-0.1, -0.05) is 48.5 Å². The highest BCUT2D eigenvalue weighted by Gasteiger charge is 2.12. The summed E-state index contributed by atoms with van der Waals surface area (Å²) in [7, 11) is 0. The van der Waals surface area contributed by atoms with E-state index in [0.29, 0.717) is 11.8 Å². The third-order valence-electron chi connectivity index (χ3n) is 3.78. The van der Waals surface area contributed by atoms with Crippen LogP contribution in [0, 0.1) is 18.9 Å². The zero-order valence-electron chi connectivity index (χ0n) is 15.2. The van der Waals surface area contributed by atoms with Crippen LogP contribution in [0.3, 0.4) is 0 Å². The van der Waals surface area contributed by atoms with E-state index >= 15 is 0 Å². The normalized spacial score (nSPS) is 20.4. The Morgan fingerprint density at radius 2 is 1.77 bits per heavy atom. The molecule has 26 heavy (non-hydrogen) atoms. The summed E-state index contributed by atoms with van der Waals surface area (Å²) in [5, 5.41) is 9.70. The molecule has 0 amide bonds. The van der Waals surface area contributed by atoms with E-state index in [9.17, 15) is 0 Å². The molecule has 132 valence electrons. The van der Waals surface area contributed by atoms with E-state index in [1.165, 1.54) is 0 Å². The second-order valence-electron chi connectivity index (χ2n) is 6.34. The predicted octanol–water partition coefficient (Wildman–Crippen LogP) is 3.10. The van der Waals surface area contributed by atoms with Gasteiger partial charge in [0.15, 0.2) is 12.0 Å². The molecule has 0 saturated carbocycles. The summed E-state index contributed by atoms with van der Waals surface area (Å²) >= 11 is 0. The third-order valence-corrected chi connectivity index (χ3v) is 3.78. The van der Waals surface area contributed by atoms with Gasteiger partial charge in [0.2, 0.25) is 5.96 Å². The molecule has 0 radical (unpaired) electrons. The lowest BCUT2D eigenvalue weighted by Gasteiger charge is -2.17. The van der Waals surface area contributed by atoms with Gasteiger partial charge in [0.05, 0.1) is 0 Å². The lowest BCUT2D eigenvalue weighted by Crippen LogP contribution is -2.36. The minimum absolute atomic E-state index is 0.267. The molecular weight excluding hydrogens is 322 g/mol. The Morgan fingerprint density at radius 3 is 2.50 bits per heavy atom. The smallest absolute Gasteiger partial charge is 0.214 e. The number of aryl methyl sites for hydroxylation is 1. The molecular formula is C21H23N5. The van der Waals surface area contributed by atoms with E-state index in [1.54, 1.807) is 0 Å². The van der Waals surface area contributed by atoms with Crippen molar-refractivity contribution in [3.05, 3.63) is 65.7 Å². The number of guanidine groups is 1. The molecule has 3 rings (SSSR count). The average Bonchev–Trinajstić information content (AvgIpc) is 2.61. The van der Waals surface area contributed by atoms with E-state index in [0.717, 1.165) is 16.8 Å². The quantitative estimate of drug-likeness (QED) is 0.746. The van der Waals surface area contributed by atoms with E-state index in [4.69, 9.17) is 9.98 Å². The van der Waals surface area contributed by atoms with Crippen molar-refractivity contribution < 1.29 is 0 Å². The fourth-order valence-electron chi connectivity index (χ4n) is 2.50. The predicted molar refractivity (Wildman–Crippen MR) is 108 cm³/mol. The maximum atomic E-state index is 4.72. The monoisotopic (exact) mass is 345 g/mol. The summed E-state index contributed by atoms with van der Waals surface area (Å²) in [6.07, 6.45) is -0.318. The zero-order valence-corrected chi connectivity index (χ0v) is 15.2. The van der Waals surface area contributed by atoms with Gasteiger partial charge in [-0.3, -0.25) is 10.6 Å². The SMILES string of the molecule is Cc1ccccc1N/C1=N/C(c2ccccc2)=N\C(NC(C)C)C#CN1. The molecule has 1 aliphatic heterocycles. The van der Waals surface area contributed by atoms with Crippen molar-refractivity contribution in [3.8, 4) is 12.0 Å². The van der Waals surface area contributed by atoms with Crippen molar-refractivity contribution in [2.24, 2.45) is 9.98 Å². The van der Waals surface area contributed by atoms with Crippen molar-refractivity contribution >= 4 is 17.5 Å². The van der Waals surface area contributed by atoms with Gasteiger partial charge >= 0.3 is 0 Å². The fraction of sp³-hybridized carbons (Fsp3) is 0.238. The van der Waals surface area contributed by atoms with Crippen molar-refractivity contribution in [2.75, 3.05) is 5.32 Å². The summed E-state index contributed by atoms with van der Waals surface area (Å²) in [6, 6.07) is 21.2. The van der Waals surface area contributed by atoms with Gasteiger partial charge in [0, 0.05) is 23.3 Å². The van der Waals surface area contributed by atoms with E-state index in [1.807, 2.05) is 61.5 Å². The van der Waals surface area contributed by atoms with E-state index < -0.39 is 0 Å². The highest BCUT2D eigenvalue weighted by Crippen LogP contribution is 2.13. The molecule has 1 unspecified atom stereocenters. The fourth-order valence-corrected chi connectivity index (χ4v) is 2.50. The maximum Gasteiger partial charge on any atom is 0.214 e. The van der Waals surface area contributed by atoms with Crippen molar-refractivity contribution in [1.29, 1.82) is 0 Å². The van der Waals surface area contributed by atoms with Gasteiger partial charge in [-0.05, 0) is 38.3 Å². The average molecular weight is 345 g/mol. The second-order valence-corrected chi connectivity index (χ2v) is 6.34. The van der Waals surface area contributed by atoms with Crippen LogP contribution in [0.5, 0.6) is 0 Å². The number of aliphatic imine (C=N–C) groups is 2. The van der Waals surface area contributed by atoms with Crippen LogP contribution in [-0.2, 0) is 0 Å². The van der Waals surface area contributed by atoms with Crippen molar-refractivity contribution in [1.82, 2.24) is 10.6 Å². The third kappa shape index (κ3) is 4.71. The molecule has 1 atom stereocenters. The molecule has 1 heterocycles. The number of nitrogens with one attached hydrogen (secondary N) is 3. The van der Waals surface area contributed by atoms with Crippen LogP contribution in [0.25, 0.3) is 0 Å². The van der Waals surface area contributed by atoms with Crippen molar-refractivity contribution in [3.63, 3.8) is 0 Å². The standard InChI is InChI=1S/C21H23N5/c1-15(2)23-19-13-14-22-21(24-18-12-8-7-9-16(18)3)26-20(25-19)17-10-5-4-6-11-17/h4-12,15,19,23H,1-3H3,(H2,22,24,25,26). The summed E-state index contributed by atoms with van der Waals surface area (Å²) in [5.41, 5.74) is 3.05. The molecule has 1 aliphatic rings. The molecule has 3 N–H and O–H groups in total. The Labute approximate surface area is 154 Å². The number of rotatable bonds is 4. The Bertz CT molecular complexity index is 872. The van der Waals surface area contributed by atoms with Gasteiger partial charge in [-0.25, -0.2) is 4.99 Å². The van der Waals surface area contributed by atoms with Crippen LogP contribution in [-0.4, -0.2) is 24.0 Å². The molecule has 0 bridgehead atoms. The Morgan fingerprint density at radius 1 is 1.04 bits per heavy atom. The number of anilines is 1. The Kier molecular flexibility index (Phi) is 5.67. The van der Waals surface area contributed by atoms with E-state index in [2.05, 4.69) is 41.8 Å². The number of nitrogens with zero attached hydrogens (tertiary/aromatic N) is 2. The molecule has 2 aromatic rings. The van der Waals surface area contributed by atoms with Crippen LogP contribution < -0.4 is 16.0 Å². The zero-order chi connectivity index (χ0) is 18.4. The van der Waals surface area contributed by atoms with Crippen molar-refractivity contribution in [2.45, 2.75) is 33.0 Å². The first-order chi connectivity index (χ1) is 12.6. The number of hydrogen-bond acceptors (Lipinski definition) is 5. The highest BCUT2D eigenvalue weighted by atomic mass is 15.2. The molecule has 2 aromatic carbocycles. The minimum atomic E-state index is -0.318. The largest absolute Gasteiger partial charge is 0.325 e. The lowest BCUT2D eigenvalue weighted by atomic mass is 10.2. The first-order valence-corrected chi connectivity index (χ1v) is 8.69. The van der Waals surface area contributed by atoms with Crippen LogP contribution in [0.1, 0.15) is 25.0 Å². The Hall–Kier alpha value is -3.10. The lowest BCUT2D eigenvalue weighted by molar-refractivity contribution is 0.546. The molecule has 5 nitrogen and oxygen atoms in total. The van der Waals surface area contributed by atoms with Gasteiger partial charge in [-0.15, -0.1) is 0 Å². The molecule has 0 fully saturated rings. The molecule has 0 spiro atoms. The van der Waals surface area contributed by atoms with Crippen LogP contribution in [0.15, 0.2) is 64.6 Å². The number of para-hydroxylation sites is 1. The number of benzene rings is 2. The first kappa shape index (κ1) is 17.7. The molecule has 5 heteroatoms. The van der Waals surface area contributed by atoms with Crippen LogP contribution >= 0.6 is 0 Å². The summed E-state index contributed by atoms with van der Waals surface area (Å²) < 4.78 is 0. The topological polar surface area (TPSA) is 60.8 Å². The van der Waals surface area contributed by atoms with Gasteiger partial charge in [-0.2, -0.15) is 4.99 Å². The summed E-state index contributed by atoms with van der Waals surface area (Å²) in [4.78, 5) is 9.43. The second kappa shape index (κ2) is 8.32. The van der Waals surface area contributed by atoms with Crippen LogP contribution in [0.4, 0.5) is 5.69 Å². The Balaban J connectivity index is 1.96.